The summed E-state index contributed by atoms with van der Waals surface area (Å²) in [6, 6.07) is 14.9. The van der Waals surface area contributed by atoms with Crippen LogP contribution in [0.2, 0.25) is 0 Å². The summed E-state index contributed by atoms with van der Waals surface area (Å²) in [6.45, 7) is 5.37. The van der Waals surface area contributed by atoms with Gasteiger partial charge in [0.25, 0.3) is 0 Å². The number of nitrogens with one attached hydrogen (secondary N) is 2. The van der Waals surface area contributed by atoms with Crippen LogP contribution in [0.5, 0.6) is 0 Å². The van der Waals surface area contributed by atoms with Gasteiger partial charge in [0.05, 0.1) is 18.7 Å². The van der Waals surface area contributed by atoms with Gasteiger partial charge in [-0.3, -0.25) is 29.8 Å². The van der Waals surface area contributed by atoms with Crippen LogP contribution in [-0.4, -0.2) is 116 Å². The van der Waals surface area contributed by atoms with Gasteiger partial charge in [0, 0.05) is 12.1 Å². The first kappa shape index (κ1) is 46.2. The molecule has 10 atom stereocenters. The molecule has 0 spiro atoms. The number of carbonyl (C=O) groups is 6. The average Bonchev–Trinajstić information content (AvgIpc) is 3.84. The molecule has 2 aromatic carbocycles. The fraction of sp³-hybridized carbons (Fsp3) is 0.609. The number of carbonyl (C=O) groups excluding carboxylic acids is 3. The average molecular weight is 833 g/mol. The number of aryl methyl sites for hydroxylation is 2. The molecule has 60 heavy (non-hydrogen) atoms. The number of fused-ring (bicyclic) bond motifs is 2. The molecule has 5 N–H and O–H groups in total. The molecule has 4 fully saturated rings. The van der Waals surface area contributed by atoms with Crippen LogP contribution < -0.4 is 10.6 Å². The van der Waals surface area contributed by atoms with Crippen molar-refractivity contribution in [3.05, 3.63) is 71.8 Å². The Morgan fingerprint density at radius 3 is 1.43 bits per heavy atom. The van der Waals surface area contributed by atoms with E-state index in [0.29, 0.717) is 38.5 Å². The van der Waals surface area contributed by atoms with E-state index in [-0.39, 0.29) is 48.3 Å². The van der Waals surface area contributed by atoms with Crippen molar-refractivity contribution in [2.75, 3.05) is 6.61 Å². The van der Waals surface area contributed by atoms with E-state index >= 15 is 0 Å². The van der Waals surface area contributed by atoms with Gasteiger partial charge >= 0.3 is 23.9 Å². The third-order valence-corrected chi connectivity index (χ3v) is 12.9. The number of benzene rings is 2. The van der Waals surface area contributed by atoms with Gasteiger partial charge in [-0.2, -0.15) is 0 Å². The molecule has 6 rings (SSSR count). The number of aliphatic carboxylic acids is 3. The minimum Gasteiger partial charge on any atom is -0.480 e. The number of carboxylic acids is 3. The molecule has 2 saturated carbocycles. The van der Waals surface area contributed by atoms with Crippen LogP contribution >= 0.6 is 0 Å². The highest BCUT2D eigenvalue weighted by atomic mass is 16.5. The first-order valence-electron chi connectivity index (χ1n) is 21.9. The highest BCUT2D eigenvalue weighted by Crippen LogP contribution is 2.41. The molecule has 2 aliphatic heterocycles. The van der Waals surface area contributed by atoms with Gasteiger partial charge in [0.15, 0.2) is 0 Å². The molecular weight excluding hydrogens is 769 g/mol. The molecule has 2 amide bonds. The van der Waals surface area contributed by atoms with E-state index in [1.54, 1.807) is 25.7 Å². The van der Waals surface area contributed by atoms with Crippen molar-refractivity contribution < 1.29 is 48.8 Å². The molecule has 4 aliphatic rings. The Hall–Kier alpha value is -4.82. The Labute approximate surface area is 353 Å². The molecule has 2 saturated heterocycles. The predicted octanol–water partition coefficient (Wildman–Crippen LogP) is 5.07. The number of carboxylic acid groups (broad SMARTS) is 3. The maximum absolute atomic E-state index is 13.4. The molecule has 0 unspecified atom stereocenters. The van der Waals surface area contributed by atoms with Crippen molar-refractivity contribution in [1.82, 2.24) is 20.4 Å². The highest BCUT2D eigenvalue weighted by Gasteiger charge is 2.50. The Morgan fingerprint density at radius 2 is 1.03 bits per heavy atom. The summed E-state index contributed by atoms with van der Waals surface area (Å²) in [5, 5.41) is 35.0. The minimum atomic E-state index is -1.01. The van der Waals surface area contributed by atoms with Gasteiger partial charge in [-0.15, -0.1) is 0 Å². The predicted molar refractivity (Wildman–Crippen MR) is 224 cm³/mol. The Morgan fingerprint density at radius 1 is 0.633 bits per heavy atom. The topological polar surface area (TPSA) is 203 Å². The highest BCUT2D eigenvalue weighted by molar-refractivity contribution is 5.89. The standard InChI is InChI=1S/C24H34N2O5.C22H30N2O5/c1-3-31-24(30)19(14-13-17-9-5-4-6-10-17)25-16(2)22(27)26-20-12-8-7-11-18(20)15-21(26)23(28)29;1-14(23-17(21(26)27)12-11-15-7-3-2-4-8-15)20(25)24-18-10-6-5-9-16(18)13-19(24)22(28)29/h4-6,9-10,16,18-21,25H,3,7-8,11-15H2,1-2H3,(H,28,29);2-4,7-8,14,16-19,23H,5-6,9-13H2,1H3,(H,26,27)(H,28,29)/t16-,18+,19-,20-,21-;14-,16+,17-,18-,19-/m00/s1. The first-order valence-corrected chi connectivity index (χ1v) is 21.9. The van der Waals surface area contributed by atoms with Crippen LogP contribution in [0, 0.1) is 11.8 Å². The number of hydrogen-bond acceptors (Lipinski definition) is 9. The molecule has 14 heteroatoms. The van der Waals surface area contributed by atoms with Crippen molar-refractivity contribution in [1.29, 1.82) is 0 Å². The van der Waals surface area contributed by atoms with E-state index in [2.05, 4.69) is 10.6 Å². The third-order valence-electron chi connectivity index (χ3n) is 12.9. The quantitative estimate of drug-likeness (QED) is 0.133. The number of hydrogen-bond donors (Lipinski definition) is 5. The summed E-state index contributed by atoms with van der Waals surface area (Å²) < 4.78 is 5.22. The molecule has 0 bridgehead atoms. The third kappa shape index (κ3) is 11.9. The van der Waals surface area contributed by atoms with Crippen LogP contribution in [-0.2, 0) is 46.3 Å². The van der Waals surface area contributed by atoms with E-state index < -0.39 is 54.2 Å². The van der Waals surface area contributed by atoms with Crippen LogP contribution in [0.3, 0.4) is 0 Å². The molecule has 14 nitrogen and oxygen atoms in total. The van der Waals surface area contributed by atoms with E-state index in [9.17, 15) is 44.1 Å². The van der Waals surface area contributed by atoms with Gasteiger partial charge in [0.1, 0.15) is 24.2 Å². The lowest BCUT2D eigenvalue weighted by atomic mass is 9.84. The van der Waals surface area contributed by atoms with Gasteiger partial charge in [0.2, 0.25) is 11.8 Å². The summed E-state index contributed by atoms with van der Waals surface area (Å²) in [5.74, 6) is -3.37. The number of esters is 1. The maximum Gasteiger partial charge on any atom is 0.326 e. The number of amides is 2. The SMILES string of the molecule is CCOC(=O)[C@H](CCc1ccccc1)N[C@@H](C)C(=O)N1[C@H](C(=O)O)C[C@H]2CCCC[C@@H]21.C[C@H](N[C@@H](CCc1ccccc1)C(=O)O)C(=O)N1[C@H](C(=O)O)C[C@H]2CCCC[C@@H]21. The van der Waals surface area contributed by atoms with Crippen LogP contribution in [0.4, 0.5) is 0 Å². The number of likely N-dealkylation sites (tertiary alicyclic amines) is 2. The smallest absolute Gasteiger partial charge is 0.326 e. The van der Waals surface area contributed by atoms with Gasteiger partial charge in [-0.1, -0.05) is 86.3 Å². The molecule has 0 aromatic heterocycles. The summed E-state index contributed by atoms with van der Waals surface area (Å²) in [4.78, 5) is 77.5. The molecule has 2 aromatic rings. The van der Waals surface area contributed by atoms with Gasteiger partial charge in [-0.05, 0) is 108 Å². The van der Waals surface area contributed by atoms with E-state index in [0.717, 1.165) is 62.5 Å². The van der Waals surface area contributed by atoms with Crippen LogP contribution in [0.1, 0.15) is 109 Å². The zero-order chi connectivity index (χ0) is 43.3. The first-order chi connectivity index (χ1) is 28.8. The second kappa shape index (κ2) is 22.1. The second-order valence-corrected chi connectivity index (χ2v) is 16.9. The van der Waals surface area contributed by atoms with Crippen molar-refractivity contribution in [3.63, 3.8) is 0 Å². The van der Waals surface area contributed by atoms with Crippen molar-refractivity contribution in [3.8, 4) is 0 Å². The lowest BCUT2D eigenvalue weighted by molar-refractivity contribution is -0.152. The molecule has 2 heterocycles. The lowest BCUT2D eigenvalue weighted by Crippen LogP contribution is -2.55. The van der Waals surface area contributed by atoms with E-state index in [4.69, 9.17) is 4.74 Å². The van der Waals surface area contributed by atoms with Crippen molar-refractivity contribution in [2.24, 2.45) is 11.8 Å². The summed E-state index contributed by atoms with van der Waals surface area (Å²) in [6.07, 6.45) is 10.9. The monoisotopic (exact) mass is 832 g/mol. The minimum absolute atomic E-state index is 0.0167. The second-order valence-electron chi connectivity index (χ2n) is 16.9. The Bertz CT molecular complexity index is 1760. The fourth-order valence-electron chi connectivity index (χ4n) is 9.89. The largest absolute Gasteiger partial charge is 0.480 e. The van der Waals surface area contributed by atoms with Crippen molar-refractivity contribution >= 4 is 35.7 Å². The lowest BCUT2D eigenvalue weighted by Gasteiger charge is -2.35. The Kier molecular flexibility index (Phi) is 17.1. The fourth-order valence-corrected chi connectivity index (χ4v) is 9.89. The van der Waals surface area contributed by atoms with Crippen molar-refractivity contribution in [2.45, 2.75) is 159 Å². The van der Waals surface area contributed by atoms with E-state index in [1.807, 2.05) is 60.7 Å². The number of nitrogens with zero attached hydrogens (tertiary/aromatic N) is 2. The number of rotatable bonds is 17. The molecule has 0 radical (unpaired) electrons. The number of ether oxygens (including phenoxy) is 1. The molecule has 328 valence electrons. The van der Waals surface area contributed by atoms with Crippen LogP contribution in [0.15, 0.2) is 60.7 Å². The molecular formula is C46H64N4O10. The van der Waals surface area contributed by atoms with Gasteiger partial charge in [-0.25, -0.2) is 9.59 Å². The zero-order valence-electron chi connectivity index (χ0n) is 35.2. The van der Waals surface area contributed by atoms with E-state index in [1.165, 1.54) is 4.90 Å². The normalized spacial score (nSPS) is 25.3. The van der Waals surface area contributed by atoms with Gasteiger partial charge < -0.3 is 29.9 Å². The Balaban J connectivity index is 0.000000228. The zero-order valence-corrected chi connectivity index (χ0v) is 35.2. The molecule has 2 aliphatic carbocycles. The summed E-state index contributed by atoms with van der Waals surface area (Å²) in [5.41, 5.74) is 2.14. The summed E-state index contributed by atoms with van der Waals surface area (Å²) >= 11 is 0. The maximum atomic E-state index is 13.4. The summed E-state index contributed by atoms with van der Waals surface area (Å²) in [7, 11) is 0. The van der Waals surface area contributed by atoms with Crippen LogP contribution in [0.25, 0.3) is 0 Å².